The number of hydrogen-bond donors (Lipinski definition) is 1. The van der Waals surface area contributed by atoms with E-state index in [1.807, 2.05) is 18.2 Å². The average Bonchev–Trinajstić information content (AvgIpc) is 2.28. The predicted octanol–water partition coefficient (Wildman–Crippen LogP) is 3.95. The Morgan fingerprint density at radius 1 is 1.31 bits per heavy atom. The summed E-state index contributed by atoms with van der Waals surface area (Å²) in [6, 6.07) is 10.1. The number of nitrogens with one attached hydrogen (secondary N) is 1. The van der Waals surface area contributed by atoms with Gasteiger partial charge in [-0.1, -0.05) is 17.7 Å². The summed E-state index contributed by atoms with van der Waals surface area (Å²) in [5.74, 6) is 0. The minimum absolute atomic E-state index is 0.695. The monoisotopic (exact) mass is 344 g/mol. The summed E-state index contributed by atoms with van der Waals surface area (Å²) in [5.41, 5.74) is 2.15. The summed E-state index contributed by atoms with van der Waals surface area (Å²) in [5, 5.41) is 4.02. The van der Waals surface area contributed by atoms with Gasteiger partial charge in [-0.05, 0) is 52.4 Å². The zero-order valence-electron chi connectivity index (χ0n) is 8.45. The van der Waals surface area contributed by atoms with Crippen LogP contribution in [-0.4, -0.2) is 4.98 Å². The number of halogens is 2. The number of nitrogens with zero attached hydrogens (tertiary/aromatic N) is 1. The third kappa shape index (κ3) is 3.09. The smallest absolute Gasteiger partial charge is 0.0639 e. The van der Waals surface area contributed by atoms with Crippen LogP contribution in [0.15, 0.2) is 42.7 Å². The van der Waals surface area contributed by atoms with E-state index in [2.05, 4.69) is 45.0 Å². The molecular weight excluding hydrogens is 335 g/mol. The molecule has 82 valence electrons. The van der Waals surface area contributed by atoms with Crippen LogP contribution in [0.3, 0.4) is 0 Å². The molecule has 0 bridgehead atoms. The lowest BCUT2D eigenvalue weighted by Gasteiger charge is -2.07. The number of anilines is 1. The molecule has 0 saturated heterocycles. The summed E-state index contributed by atoms with van der Waals surface area (Å²) < 4.78 is 1.21. The molecule has 1 aromatic heterocycles. The molecule has 0 amide bonds. The molecule has 0 aliphatic rings. The number of rotatable bonds is 3. The normalized spacial score (nSPS) is 10.1. The molecule has 2 nitrogen and oxygen atoms in total. The molecule has 0 radical (unpaired) electrons. The van der Waals surface area contributed by atoms with Crippen molar-refractivity contribution in [1.82, 2.24) is 4.98 Å². The van der Waals surface area contributed by atoms with E-state index in [0.29, 0.717) is 11.6 Å². The largest absolute Gasteiger partial charge is 0.381 e. The van der Waals surface area contributed by atoms with Crippen LogP contribution in [0.4, 0.5) is 5.69 Å². The Bertz CT molecular complexity index is 488. The average molecular weight is 345 g/mol. The molecule has 0 spiro atoms. The molecule has 0 atom stereocenters. The van der Waals surface area contributed by atoms with Crippen LogP contribution < -0.4 is 5.32 Å². The quantitative estimate of drug-likeness (QED) is 0.853. The third-order valence-electron chi connectivity index (χ3n) is 2.16. The SMILES string of the molecule is Clc1cnccc1CNc1cccc(I)c1. The molecule has 0 saturated carbocycles. The first kappa shape index (κ1) is 11.7. The van der Waals surface area contributed by atoms with Gasteiger partial charge in [-0.3, -0.25) is 4.98 Å². The first-order valence-corrected chi connectivity index (χ1v) is 6.29. The standard InChI is InChI=1S/C12H10ClIN2/c13-12-8-15-5-4-9(12)7-16-11-3-1-2-10(14)6-11/h1-6,8,16H,7H2. The highest BCUT2D eigenvalue weighted by molar-refractivity contribution is 14.1. The Kier molecular flexibility index (Phi) is 4.01. The van der Waals surface area contributed by atoms with Gasteiger partial charge in [0, 0.05) is 28.2 Å². The molecule has 0 fully saturated rings. The van der Waals surface area contributed by atoms with Gasteiger partial charge in [0.05, 0.1) is 5.02 Å². The van der Waals surface area contributed by atoms with Crippen molar-refractivity contribution in [3.63, 3.8) is 0 Å². The van der Waals surface area contributed by atoms with E-state index in [4.69, 9.17) is 11.6 Å². The van der Waals surface area contributed by atoms with Crippen molar-refractivity contribution in [2.75, 3.05) is 5.32 Å². The van der Waals surface area contributed by atoms with Gasteiger partial charge in [0.15, 0.2) is 0 Å². The summed E-state index contributed by atoms with van der Waals surface area (Å²) >= 11 is 8.31. The van der Waals surface area contributed by atoms with Crippen LogP contribution >= 0.6 is 34.2 Å². The van der Waals surface area contributed by atoms with Crippen LogP contribution in [0.1, 0.15) is 5.56 Å². The Morgan fingerprint density at radius 3 is 2.94 bits per heavy atom. The maximum atomic E-state index is 6.02. The topological polar surface area (TPSA) is 24.9 Å². The number of benzene rings is 1. The van der Waals surface area contributed by atoms with Crippen molar-refractivity contribution in [1.29, 1.82) is 0 Å². The van der Waals surface area contributed by atoms with E-state index >= 15 is 0 Å². The lowest BCUT2D eigenvalue weighted by Crippen LogP contribution is -2.00. The summed E-state index contributed by atoms with van der Waals surface area (Å²) in [7, 11) is 0. The first-order valence-electron chi connectivity index (χ1n) is 4.83. The van der Waals surface area contributed by atoms with Gasteiger partial charge in [0.2, 0.25) is 0 Å². The molecule has 2 rings (SSSR count). The molecule has 16 heavy (non-hydrogen) atoms. The maximum Gasteiger partial charge on any atom is 0.0639 e. The Morgan fingerprint density at radius 2 is 2.19 bits per heavy atom. The van der Waals surface area contributed by atoms with Crippen molar-refractivity contribution in [3.05, 3.63) is 56.9 Å². The van der Waals surface area contributed by atoms with Gasteiger partial charge in [-0.15, -0.1) is 0 Å². The fraction of sp³-hybridized carbons (Fsp3) is 0.0833. The van der Waals surface area contributed by atoms with Crippen molar-refractivity contribution >= 4 is 39.9 Å². The number of aromatic nitrogens is 1. The molecule has 4 heteroatoms. The zero-order chi connectivity index (χ0) is 11.4. The predicted molar refractivity (Wildman–Crippen MR) is 75.7 cm³/mol. The molecule has 1 aromatic carbocycles. The molecule has 0 aliphatic carbocycles. The van der Waals surface area contributed by atoms with E-state index in [0.717, 1.165) is 11.3 Å². The number of hydrogen-bond acceptors (Lipinski definition) is 2. The van der Waals surface area contributed by atoms with Gasteiger partial charge in [0.1, 0.15) is 0 Å². The fourth-order valence-corrected chi connectivity index (χ4v) is 2.07. The van der Waals surface area contributed by atoms with Gasteiger partial charge in [-0.2, -0.15) is 0 Å². The molecule has 1 heterocycles. The highest BCUT2D eigenvalue weighted by atomic mass is 127. The Hall–Kier alpha value is -0.810. The van der Waals surface area contributed by atoms with Crippen molar-refractivity contribution in [2.24, 2.45) is 0 Å². The highest BCUT2D eigenvalue weighted by Gasteiger charge is 1.99. The summed E-state index contributed by atoms with van der Waals surface area (Å²) in [6.07, 6.45) is 3.41. The minimum atomic E-state index is 0.695. The first-order chi connectivity index (χ1) is 7.75. The Balaban J connectivity index is 2.05. The molecular formula is C12H10ClIN2. The van der Waals surface area contributed by atoms with Crippen molar-refractivity contribution < 1.29 is 0 Å². The summed E-state index contributed by atoms with van der Waals surface area (Å²) in [6.45, 7) is 0.710. The van der Waals surface area contributed by atoms with Crippen LogP contribution in [0.25, 0.3) is 0 Å². The van der Waals surface area contributed by atoms with Gasteiger partial charge in [0.25, 0.3) is 0 Å². The second-order valence-electron chi connectivity index (χ2n) is 3.33. The van der Waals surface area contributed by atoms with E-state index in [1.54, 1.807) is 12.4 Å². The van der Waals surface area contributed by atoms with Crippen LogP contribution in [0.5, 0.6) is 0 Å². The van der Waals surface area contributed by atoms with E-state index in [9.17, 15) is 0 Å². The van der Waals surface area contributed by atoms with E-state index in [1.165, 1.54) is 3.57 Å². The molecule has 0 aliphatic heterocycles. The van der Waals surface area contributed by atoms with Gasteiger partial charge >= 0.3 is 0 Å². The van der Waals surface area contributed by atoms with E-state index in [-0.39, 0.29) is 0 Å². The van der Waals surface area contributed by atoms with Crippen molar-refractivity contribution in [3.8, 4) is 0 Å². The van der Waals surface area contributed by atoms with Crippen LogP contribution in [0.2, 0.25) is 5.02 Å². The summed E-state index contributed by atoms with van der Waals surface area (Å²) in [4.78, 5) is 3.95. The van der Waals surface area contributed by atoms with Gasteiger partial charge in [-0.25, -0.2) is 0 Å². The number of pyridine rings is 1. The third-order valence-corrected chi connectivity index (χ3v) is 3.18. The van der Waals surface area contributed by atoms with Crippen LogP contribution in [-0.2, 0) is 6.54 Å². The van der Waals surface area contributed by atoms with E-state index < -0.39 is 0 Å². The minimum Gasteiger partial charge on any atom is -0.381 e. The zero-order valence-corrected chi connectivity index (χ0v) is 11.4. The second-order valence-corrected chi connectivity index (χ2v) is 4.98. The Labute approximate surface area is 113 Å². The molecule has 0 unspecified atom stereocenters. The van der Waals surface area contributed by atoms with Crippen LogP contribution in [0, 0.1) is 3.57 Å². The maximum absolute atomic E-state index is 6.02. The highest BCUT2D eigenvalue weighted by Crippen LogP contribution is 2.17. The molecule has 1 N–H and O–H groups in total. The lowest BCUT2D eigenvalue weighted by molar-refractivity contribution is 1.13. The lowest BCUT2D eigenvalue weighted by atomic mass is 10.2. The second kappa shape index (κ2) is 5.50. The van der Waals surface area contributed by atoms with Crippen molar-refractivity contribution in [2.45, 2.75) is 6.54 Å². The van der Waals surface area contributed by atoms with Gasteiger partial charge < -0.3 is 5.32 Å². The fourth-order valence-electron chi connectivity index (χ4n) is 1.34. The molecule has 2 aromatic rings.